The van der Waals surface area contributed by atoms with Crippen molar-refractivity contribution in [2.75, 3.05) is 26.2 Å². The van der Waals surface area contributed by atoms with Crippen LogP contribution < -0.4 is 5.32 Å². The first-order chi connectivity index (χ1) is 14.5. The molecule has 1 aliphatic heterocycles. The number of carbonyl (C=O) groups excluding carboxylic acids is 1. The SMILES string of the molecule is CCN(CC)S(=O)(=O)N1CCCC(c2ncccc2C(=O)NCc2ccccc2)C1. The zero-order valence-electron chi connectivity index (χ0n) is 17.6. The second-order valence-corrected chi connectivity index (χ2v) is 9.32. The van der Waals surface area contributed by atoms with E-state index in [0.29, 0.717) is 44.0 Å². The van der Waals surface area contributed by atoms with Crippen LogP contribution in [-0.2, 0) is 16.8 Å². The van der Waals surface area contributed by atoms with Crippen LogP contribution in [0.3, 0.4) is 0 Å². The number of aromatic nitrogens is 1. The van der Waals surface area contributed by atoms with Crippen molar-refractivity contribution in [1.82, 2.24) is 18.9 Å². The van der Waals surface area contributed by atoms with Gasteiger partial charge in [-0.1, -0.05) is 44.2 Å². The largest absolute Gasteiger partial charge is 0.348 e. The Bertz CT molecular complexity index is 946. The van der Waals surface area contributed by atoms with Gasteiger partial charge in [0.2, 0.25) is 0 Å². The molecule has 1 N–H and O–H groups in total. The Morgan fingerprint density at radius 1 is 1.17 bits per heavy atom. The fourth-order valence-electron chi connectivity index (χ4n) is 3.90. The van der Waals surface area contributed by atoms with Crippen molar-refractivity contribution < 1.29 is 13.2 Å². The van der Waals surface area contributed by atoms with E-state index in [1.807, 2.05) is 44.2 Å². The molecule has 0 aliphatic carbocycles. The van der Waals surface area contributed by atoms with E-state index in [2.05, 4.69) is 10.3 Å². The maximum absolute atomic E-state index is 13.0. The van der Waals surface area contributed by atoms with Crippen LogP contribution in [0.4, 0.5) is 0 Å². The predicted molar refractivity (Wildman–Crippen MR) is 117 cm³/mol. The summed E-state index contributed by atoms with van der Waals surface area (Å²) in [5.41, 5.74) is 2.20. The molecule has 0 bridgehead atoms. The number of carbonyl (C=O) groups is 1. The average molecular weight is 431 g/mol. The number of hydrogen-bond acceptors (Lipinski definition) is 4. The molecule has 0 spiro atoms. The molecule has 1 saturated heterocycles. The Morgan fingerprint density at radius 3 is 2.60 bits per heavy atom. The molecule has 162 valence electrons. The summed E-state index contributed by atoms with van der Waals surface area (Å²) in [7, 11) is -3.51. The summed E-state index contributed by atoms with van der Waals surface area (Å²) in [6, 6.07) is 13.2. The number of rotatable bonds is 8. The zero-order valence-corrected chi connectivity index (χ0v) is 18.4. The molecule has 1 aliphatic rings. The van der Waals surface area contributed by atoms with Gasteiger partial charge in [-0.15, -0.1) is 0 Å². The minimum atomic E-state index is -3.51. The highest BCUT2D eigenvalue weighted by molar-refractivity contribution is 7.86. The van der Waals surface area contributed by atoms with Crippen LogP contribution in [0.15, 0.2) is 48.7 Å². The van der Waals surface area contributed by atoms with E-state index < -0.39 is 10.2 Å². The van der Waals surface area contributed by atoms with Crippen molar-refractivity contribution in [3.8, 4) is 0 Å². The van der Waals surface area contributed by atoms with Crippen molar-refractivity contribution in [2.24, 2.45) is 0 Å². The number of pyridine rings is 1. The van der Waals surface area contributed by atoms with Crippen molar-refractivity contribution >= 4 is 16.1 Å². The van der Waals surface area contributed by atoms with E-state index in [-0.39, 0.29) is 11.8 Å². The lowest BCUT2D eigenvalue weighted by atomic mass is 9.92. The smallest absolute Gasteiger partial charge is 0.281 e. The third-order valence-electron chi connectivity index (χ3n) is 5.51. The molecular weight excluding hydrogens is 400 g/mol. The van der Waals surface area contributed by atoms with Crippen molar-refractivity contribution in [3.63, 3.8) is 0 Å². The second-order valence-electron chi connectivity index (χ2n) is 7.39. The molecule has 3 rings (SSSR count). The summed E-state index contributed by atoms with van der Waals surface area (Å²) < 4.78 is 28.9. The highest BCUT2D eigenvalue weighted by atomic mass is 32.2. The van der Waals surface area contributed by atoms with Gasteiger partial charge in [-0.2, -0.15) is 17.0 Å². The van der Waals surface area contributed by atoms with Gasteiger partial charge in [-0.05, 0) is 30.5 Å². The number of amides is 1. The van der Waals surface area contributed by atoms with E-state index in [1.165, 1.54) is 8.61 Å². The minimum Gasteiger partial charge on any atom is -0.348 e. The van der Waals surface area contributed by atoms with Crippen molar-refractivity contribution in [2.45, 2.75) is 39.2 Å². The summed E-state index contributed by atoms with van der Waals surface area (Å²) in [6.07, 6.45) is 3.22. The molecule has 1 aromatic heterocycles. The van der Waals surface area contributed by atoms with Crippen LogP contribution in [0, 0.1) is 0 Å². The number of nitrogens with one attached hydrogen (secondary N) is 1. The Labute approximate surface area is 179 Å². The van der Waals surface area contributed by atoms with Crippen molar-refractivity contribution in [1.29, 1.82) is 0 Å². The number of piperidine rings is 1. The lowest BCUT2D eigenvalue weighted by Crippen LogP contribution is -2.47. The van der Waals surface area contributed by atoms with Crippen LogP contribution >= 0.6 is 0 Å². The van der Waals surface area contributed by atoms with Crippen LogP contribution in [-0.4, -0.2) is 54.1 Å². The van der Waals surface area contributed by atoms with E-state index in [1.54, 1.807) is 18.3 Å². The third kappa shape index (κ3) is 5.06. The van der Waals surface area contributed by atoms with Gasteiger partial charge in [-0.25, -0.2) is 0 Å². The van der Waals surface area contributed by atoms with Gasteiger partial charge in [0.05, 0.1) is 11.3 Å². The van der Waals surface area contributed by atoms with Gasteiger partial charge in [0.25, 0.3) is 16.1 Å². The van der Waals surface area contributed by atoms with Gasteiger partial charge in [0, 0.05) is 44.8 Å². The molecule has 2 aromatic rings. The molecule has 0 saturated carbocycles. The maximum atomic E-state index is 13.0. The zero-order chi connectivity index (χ0) is 21.6. The summed E-state index contributed by atoms with van der Waals surface area (Å²) in [4.78, 5) is 17.4. The van der Waals surface area contributed by atoms with E-state index in [4.69, 9.17) is 0 Å². The predicted octanol–water partition coefficient (Wildman–Crippen LogP) is 2.78. The van der Waals surface area contributed by atoms with E-state index >= 15 is 0 Å². The van der Waals surface area contributed by atoms with Gasteiger partial charge in [0.15, 0.2) is 0 Å². The van der Waals surface area contributed by atoms with Crippen LogP contribution in [0.1, 0.15) is 54.2 Å². The fourth-order valence-corrected chi connectivity index (χ4v) is 5.60. The van der Waals surface area contributed by atoms with Gasteiger partial charge < -0.3 is 5.32 Å². The molecule has 7 nitrogen and oxygen atoms in total. The maximum Gasteiger partial charge on any atom is 0.281 e. The van der Waals surface area contributed by atoms with Gasteiger partial charge >= 0.3 is 0 Å². The number of nitrogens with zero attached hydrogens (tertiary/aromatic N) is 3. The van der Waals surface area contributed by atoms with Crippen LogP contribution in [0.2, 0.25) is 0 Å². The summed E-state index contributed by atoms with van der Waals surface area (Å²) in [6.45, 7) is 5.84. The normalized spacial score (nSPS) is 17.8. The molecule has 1 aromatic carbocycles. The van der Waals surface area contributed by atoms with E-state index in [9.17, 15) is 13.2 Å². The standard InChI is InChI=1S/C22H30N4O3S/c1-3-25(4-2)30(28,29)26-15-9-12-19(17-26)21-20(13-8-14-23-21)22(27)24-16-18-10-6-5-7-11-18/h5-8,10-11,13-14,19H,3-4,9,12,15-17H2,1-2H3,(H,24,27). The molecule has 1 atom stereocenters. The molecule has 1 amide bonds. The van der Waals surface area contributed by atoms with Crippen LogP contribution in [0.5, 0.6) is 0 Å². The molecule has 2 heterocycles. The van der Waals surface area contributed by atoms with Crippen LogP contribution in [0.25, 0.3) is 0 Å². The summed E-state index contributed by atoms with van der Waals surface area (Å²) in [5.74, 6) is -0.298. The van der Waals surface area contributed by atoms with Crippen molar-refractivity contribution in [3.05, 3.63) is 65.5 Å². The number of benzene rings is 1. The monoisotopic (exact) mass is 430 g/mol. The molecular formula is C22H30N4O3S. The Balaban J connectivity index is 1.77. The Kier molecular flexibility index (Phi) is 7.58. The highest BCUT2D eigenvalue weighted by Gasteiger charge is 2.34. The van der Waals surface area contributed by atoms with E-state index in [0.717, 1.165) is 18.4 Å². The van der Waals surface area contributed by atoms with Gasteiger partial charge in [0.1, 0.15) is 0 Å². The molecule has 0 radical (unpaired) electrons. The molecule has 1 fully saturated rings. The fraction of sp³-hybridized carbons (Fsp3) is 0.455. The highest BCUT2D eigenvalue weighted by Crippen LogP contribution is 2.30. The molecule has 1 unspecified atom stereocenters. The third-order valence-corrected chi connectivity index (χ3v) is 7.66. The molecule has 30 heavy (non-hydrogen) atoms. The minimum absolute atomic E-state index is 0.109. The second kappa shape index (κ2) is 10.1. The average Bonchev–Trinajstić information content (AvgIpc) is 2.79. The Hall–Kier alpha value is -2.29. The summed E-state index contributed by atoms with van der Waals surface area (Å²) >= 11 is 0. The lowest BCUT2D eigenvalue weighted by Gasteiger charge is -2.35. The first-order valence-corrected chi connectivity index (χ1v) is 11.9. The molecule has 8 heteroatoms. The lowest BCUT2D eigenvalue weighted by molar-refractivity contribution is 0.0948. The summed E-state index contributed by atoms with van der Waals surface area (Å²) in [5, 5.41) is 2.95. The topological polar surface area (TPSA) is 82.6 Å². The number of hydrogen-bond donors (Lipinski definition) is 1. The Morgan fingerprint density at radius 2 is 1.90 bits per heavy atom. The first-order valence-electron chi connectivity index (χ1n) is 10.5. The van der Waals surface area contributed by atoms with Gasteiger partial charge in [-0.3, -0.25) is 9.78 Å². The quantitative estimate of drug-likeness (QED) is 0.698. The first kappa shape index (κ1) is 22.4.